The summed E-state index contributed by atoms with van der Waals surface area (Å²) in [5.74, 6) is 0.693. The quantitative estimate of drug-likeness (QED) is 0.530. The van der Waals surface area contributed by atoms with Crippen LogP contribution < -0.4 is 4.74 Å². The van der Waals surface area contributed by atoms with Crippen LogP contribution in [-0.4, -0.2) is 11.4 Å². The molecule has 92 valence electrons. The van der Waals surface area contributed by atoms with Crippen LogP contribution in [0.4, 0.5) is 0 Å². The highest BCUT2D eigenvalue weighted by molar-refractivity contribution is 9.10. The van der Waals surface area contributed by atoms with Crippen molar-refractivity contribution in [3.05, 3.63) is 64.1 Å². The average molecular weight is 306 g/mol. The van der Waals surface area contributed by atoms with Crippen LogP contribution in [0.2, 0.25) is 0 Å². The lowest BCUT2D eigenvalue weighted by Crippen LogP contribution is -1.98. The van der Waals surface area contributed by atoms with Crippen LogP contribution in [0.25, 0.3) is 0 Å². The molecule has 0 aliphatic carbocycles. The van der Waals surface area contributed by atoms with Gasteiger partial charge in [-0.1, -0.05) is 45.4 Å². The Morgan fingerprint density at radius 3 is 2.56 bits per heavy atom. The minimum atomic E-state index is 0.476. The summed E-state index contributed by atoms with van der Waals surface area (Å²) < 4.78 is 6.74. The maximum atomic E-state index is 8.57. The molecule has 0 saturated carbocycles. The number of halogens is 1. The first-order valence-electron chi connectivity index (χ1n) is 5.43. The maximum Gasteiger partial charge on any atom is 0.128 e. The zero-order chi connectivity index (χ0) is 12.8. The molecule has 0 aliphatic heterocycles. The molecule has 0 fully saturated rings. The molecule has 18 heavy (non-hydrogen) atoms. The number of benzene rings is 2. The first kappa shape index (κ1) is 12.6. The maximum absolute atomic E-state index is 8.57. The molecule has 2 aromatic rings. The fourth-order valence-electron chi connectivity index (χ4n) is 1.52. The van der Waals surface area contributed by atoms with Crippen LogP contribution in [-0.2, 0) is 6.61 Å². The van der Waals surface area contributed by atoms with Crippen molar-refractivity contribution in [2.45, 2.75) is 6.61 Å². The van der Waals surface area contributed by atoms with Gasteiger partial charge in [0.1, 0.15) is 12.4 Å². The fraction of sp³-hybridized carbons (Fsp3) is 0.0714. The third-order valence-corrected chi connectivity index (χ3v) is 2.95. The summed E-state index contributed by atoms with van der Waals surface area (Å²) in [6.07, 6.45) is 1.36. The minimum absolute atomic E-state index is 0.476. The van der Waals surface area contributed by atoms with Gasteiger partial charge in [-0.05, 0) is 29.8 Å². The Balaban J connectivity index is 2.08. The third kappa shape index (κ3) is 3.34. The van der Waals surface area contributed by atoms with Gasteiger partial charge in [-0.3, -0.25) is 0 Å². The summed E-state index contributed by atoms with van der Waals surface area (Å²) >= 11 is 3.39. The molecule has 2 rings (SSSR count). The third-order valence-electron chi connectivity index (χ3n) is 2.42. The topological polar surface area (TPSA) is 41.8 Å². The van der Waals surface area contributed by atoms with Crippen LogP contribution in [0.5, 0.6) is 5.75 Å². The summed E-state index contributed by atoms with van der Waals surface area (Å²) in [7, 11) is 0. The molecule has 0 bridgehead atoms. The van der Waals surface area contributed by atoms with Gasteiger partial charge in [-0.2, -0.15) is 0 Å². The van der Waals surface area contributed by atoms with Crippen molar-refractivity contribution in [1.82, 2.24) is 0 Å². The van der Waals surface area contributed by atoms with Gasteiger partial charge in [-0.25, -0.2) is 0 Å². The number of rotatable bonds is 4. The van der Waals surface area contributed by atoms with E-state index in [0.717, 1.165) is 15.6 Å². The van der Waals surface area contributed by atoms with Gasteiger partial charge in [0.25, 0.3) is 0 Å². The van der Waals surface area contributed by atoms with Crippen LogP contribution >= 0.6 is 15.9 Å². The van der Waals surface area contributed by atoms with Crippen molar-refractivity contribution in [3.63, 3.8) is 0 Å². The fourth-order valence-corrected chi connectivity index (χ4v) is 1.79. The number of nitrogens with zero attached hydrogens (tertiary/aromatic N) is 1. The summed E-state index contributed by atoms with van der Waals surface area (Å²) in [5, 5.41) is 11.6. The first-order valence-corrected chi connectivity index (χ1v) is 6.22. The van der Waals surface area contributed by atoms with Crippen molar-refractivity contribution in [2.75, 3.05) is 0 Å². The molecular weight excluding hydrogens is 294 g/mol. The first-order chi connectivity index (χ1) is 8.79. The van der Waals surface area contributed by atoms with E-state index >= 15 is 0 Å². The molecule has 1 N–H and O–H groups in total. The van der Waals surface area contributed by atoms with Crippen LogP contribution in [0.1, 0.15) is 11.1 Å². The van der Waals surface area contributed by atoms with Gasteiger partial charge in [0, 0.05) is 10.0 Å². The van der Waals surface area contributed by atoms with Crippen molar-refractivity contribution in [3.8, 4) is 5.75 Å². The summed E-state index contributed by atoms with van der Waals surface area (Å²) in [6, 6.07) is 15.3. The van der Waals surface area contributed by atoms with E-state index in [-0.39, 0.29) is 0 Å². The summed E-state index contributed by atoms with van der Waals surface area (Å²) in [5.41, 5.74) is 1.83. The van der Waals surface area contributed by atoms with E-state index in [4.69, 9.17) is 9.94 Å². The highest BCUT2D eigenvalue weighted by atomic mass is 79.9. The predicted molar refractivity (Wildman–Crippen MR) is 74.3 cm³/mol. The molecule has 2 aromatic carbocycles. The van der Waals surface area contributed by atoms with E-state index < -0.39 is 0 Å². The number of oxime groups is 1. The van der Waals surface area contributed by atoms with Crippen LogP contribution in [0.3, 0.4) is 0 Å². The molecule has 3 nitrogen and oxygen atoms in total. The van der Waals surface area contributed by atoms with E-state index in [2.05, 4.69) is 21.1 Å². The lowest BCUT2D eigenvalue weighted by atomic mass is 10.2. The molecule has 0 amide bonds. The normalized spacial score (nSPS) is 10.7. The molecule has 0 radical (unpaired) electrons. The lowest BCUT2D eigenvalue weighted by Gasteiger charge is -2.08. The highest BCUT2D eigenvalue weighted by Crippen LogP contribution is 2.18. The van der Waals surface area contributed by atoms with Crippen molar-refractivity contribution >= 4 is 22.1 Å². The molecule has 0 atom stereocenters. The Kier molecular flexibility index (Phi) is 4.36. The number of ether oxygens (including phenoxy) is 1. The molecule has 0 spiro atoms. The second-order valence-electron chi connectivity index (χ2n) is 3.70. The zero-order valence-corrected chi connectivity index (χ0v) is 11.2. The van der Waals surface area contributed by atoms with Crippen molar-refractivity contribution in [1.29, 1.82) is 0 Å². The van der Waals surface area contributed by atoms with E-state index in [1.54, 1.807) is 0 Å². The van der Waals surface area contributed by atoms with Gasteiger partial charge in [0.05, 0.1) is 6.21 Å². The smallest absolute Gasteiger partial charge is 0.128 e. The van der Waals surface area contributed by atoms with Crippen molar-refractivity contribution in [2.24, 2.45) is 5.16 Å². The molecule has 0 heterocycles. The van der Waals surface area contributed by atoms with Crippen molar-refractivity contribution < 1.29 is 9.94 Å². The second kappa shape index (κ2) is 6.21. The largest absolute Gasteiger partial charge is 0.488 e. The molecule has 4 heteroatoms. The second-order valence-corrected chi connectivity index (χ2v) is 4.61. The Hall–Kier alpha value is -1.81. The number of hydrogen-bond donors (Lipinski definition) is 1. The highest BCUT2D eigenvalue weighted by Gasteiger charge is 2.01. The number of hydrogen-bond acceptors (Lipinski definition) is 3. The van der Waals surface area contributed by atoms with E-state index in [1.807, 2.05) is 48.5 Å². The van der Waals surface area contributed by atoms with E-state index in [0.29, 0.717) is 12.4 Å². The van der Waals surface area contributed by atoms with Gasteiger partial charge in [0.15, 0.2) is 0 Å². The van der Waals surface area contributed by atoms with Crippen LogP contribution in [0, 0.1) is 0 Å². The molecule has 0 unspecified atom stereocenters. The molecule has 0 saturated heterocycles. The average Bonchev–Trinajstić information content (AvgIpc) is 2.40. The van der Waals surface area contributed by atoms with Gasteiger partial charge < -0.3 is 9.94 Å². The van der Waals surface area contributed by atoms with E-state index in [9.17, 15) is 0 Å². The predicted octanol–water partition coefficient (Wildman–Crippen LogP) is 3.84. The Labute approximate surface area is 114 Å². The standard InChI is InChI=1S/C14H12BrNO2/c15-13-7-5-11(6-8-13)10-18-14-4-2-1-3-12(14)9-16-17/h1-9,17H,10H2/b16-9-. The molecular formula is C14H12BrNO2. The Morgan fingerprint density at radius 1 is 1.11 bits per heavy atom. The summed E-state index contributed by atoms with van der Waals surface area (Å²) in [6.45, 7) is 0.476. The monoisotopic (exact) mass is 305 g/mol. The summed E-state index contributed by atoms with van der Waals surface area (Å²) in [4.78, 5) is 0. The molecule has 0 aliphatic rings. The SMILES string of the molecule is O/N=C\c1ccccc1OCc1ccc(Br)cc1. The lowest BCUT2D eigenvalue weighted by molar-refractivity contribution is 0.304. The number of para-hydroxylation sites is 1. The minimum Gasteiger partial charge on any atom is -0.488 e. The van der Waals surface area contributed by atoms with Gasteiger partial charge in [-0.15, -0.1) is 0 Å². The van der Waals surface area contributed by atoms with Gasteiger partial charge in [0.2, 0.25) is 0 Å². The van der Waals surface area contributed by atoms with Crippen LogP contribution in [0.15, 0.2) is 58.2 Å². The Morgan fingerprint density at radius 2 is 1.83 bits per heavy atom. The zero-order valence-electron chi connectivity index (χ0n) is 9.58. The Bertz CT molecular complexity index is 538. The van der Waals surface area contributed by atoms with E-state index in [1.165, 1.54) is 6.21 Å². The van der Waals surface area contributed by atoms with Gasteiger partial charge >= 0.3 is 0 Å². The molecule has 0 aromatic heterocycles.